The Morgan fingerprint density at radius 3 is 2.59 bits per heavy atom. The SMILES string of the molecule is CN(C)CCOc1ccc(-c2cc(-c3ccccc3)c3c(N)c([S+](O)C4CCC4)sc3n2)cn1. The Morgan fingerprint density at radius 2 is 1.94 bits per heavy atom. The molecular formula is C26H29N4O2S2+. The van der Waals surface area contributed by atoms with Gasteiger partial charge < -0.3 is 15.4 Å². The van der Waals surface area contributed by atoms with E-state index in [-0.39, 0.29) is 0 Å². The number of ether oxygens (including phenoxy) is 1. The Morgan fingerprint density at radius 1 is 1.15 bits per heavy atom. The standard InChI is InChI=1S/C26H29N4O2S2/c1-30(2)13-14-32-22-12-11-18(16-28-22)21-15-20(17-7-4-3-5-8-17)23-24(27)26(33-25(23)29-21)34(31)19-9-6-10-19/h3-5,7-8,11-12,15-16,19,31H,6,9-10,13-14,27H2,1-2H3/q+1. The minimum atomic E-state index is -0.840. The summed E-state index contributed by atoms with van der Waals surface area (Å²) in [6, 6.07) is 16.2. The third-order valence-electron chi connectivity index (χ3n) is 6.13. The number of rotatable bonds is 8. The molecule has 1 aliphatic rings. The smallest absolute Gasteiger partial charge is 0.269 e. The van der Waals surface area contributed by atoms with Crippen LogP contribution in [0.25, 0.3) is 32.6 Å². The molecule has 3 N–H and O–H groups in total. The molecule has 0 spiro atoms. The summed E-state index contributed by atoms with van der Waals surface area (Å²) in [6.45, 7) is 1.42. The highest BCUT2D eigenvalue weighted by atomic mass is 32.2. The molecule has 34 heavy (non-hydrogen) atoms. The van der Waals surface area contributed by atoms with Crippen molar-refractivity contribution in [2.24, 2.45) is 0 Å². The molecule has 5 rings (SSSR count). The van der Waals surface area contributed by atoms with Crippen LogP contribution in [0.4, 0.5) is 5.69 Å². The van der Waals surface area contributed by atoms with E-state index in [1.165, 1.54) is 17.8 Å². The second-order valence-corrected chi connectivity index (χ2v) is 11.8. The summed E-state index contributed by atoms with van der Waals surface area (Å²) in [4.78, 5) is 12.4. The molecule has 176 valence electrons. The van der Waals surface area contributed by atoms with Crippen molar-refractivity contribution >= 4 is 38.4 Å². The number of fused-ring (bicyclic) bond motifs is 1. The zero-order chi connectivity index (χ0) is 23.7. The van der Waals surface area contributed by atoms with Crippen molar-refractivity contribution in [2.75, 3.05) is 33.0 Å². The summed E-state index contributed by atoms with van der Waals surface area (Å²) in [6.07, 6.45) is 5.11. The van der Waals surface area contributed by atoms with Gasteiger partial charge in [-0.05, 0) is 56.6 Å². The highest BCUT2D eigenvalue weighted by Crippen LogP contribution is 2.45. The molecule has 0 saturated heterocycles. The number of hydrogen-bond acceptors (Lipinski definition) is 7. The monoisotopic (exact) mass is 493 g/mol. The summed E-state index contributed by atoms with van der Waals surface area (Å²) < 4.78 is 17.6. The van der Waals surface area contributed by atoms with Crippen LogP contribution in [0.5, 0.6) is 5.88 Å². The van der Waals surface area contributed by atoms with Crippen LogP contribution in [0.15, 0.2) is 58.9 Å². The van der Waals surface area contributed by atoms with E-state index in [1.54, 1.807) is 6.20 Å². The van der Waals surface area contributed by atoms with Crippen LogP contribution >= 0.6 is 11.3 Å². The molecule has 3 heterocycles. The van der Waals surface area contributed by atoms with Crippen LogP contribution in [-0.4, -0.2) is 51.9 Å². The zero-order valence-corrected chi connectivity index (χ0v) is 21.0. The van der Waals surface area contributed by atoms with E-state index in [4.69, 9.17) is 15.5 Å². The summed E-state index contributed by atoms with van der Waals surface area (Å²) in [5.74, 6) is 0.599. The molecule has 1 unspecified atom stereocenters. The summed E-state index contributed by atoms with van der Waals surface area (Å²) in [7, 11) is 4.03. The van der Waals surface area contributed by atoms with E-state index in [9.17, 15) is 4.55 Å². The van der Waals surface area contributed by atoms with Gasteiger partial charge in [0.2, 0.25) is 5.88 Å². The predicted molar refractivity (Wildman–Crippen MR) is 143 cm³/mol. The topological polar surface area (TPSA) is 84.5 Å². The number of likely N-dealkylation sites (N-methyl/N-ethyl adjacent to an activating group) is 1. The Bertz CT molecular complexity index is 1270. The van der Waals surface area contributed by atoms with Crippen LogP contribution in [0.1, 0.15) is 19.3 Å². The first-order chi connectivity index (χ1) is 16.5. The molecule has 0 radical (unpaired) electrons. The fourth-order valence-corrected chi connectivity index (χ4v) is 7.19. The molecule has 8 heteroatoms. The zero-order valence-electron chi connectivity index (χ0n) is 19.4. The maximum Gasteiger partial charge on any atom is 0.269 e. The van der Waals surface area contributed by atoms with E-state index in [0.717, 1.165) is 56.2 Å². The number of benzene rings is 1. The van der Waals surface area contributed by atoms with Gasteiger partial charge >= 0.3 is 0 Å². The molecule has 1 fully saturated rings. The van der Waals surface area contributed by atoms with Gasteiger partial charge in [0.15, 0.2) is 16.4 Å². The minimum absolute atomic E-state index is 0.319. The average molecular weight is 494 g/mol. The first-order valence-corrected chi connectivity index (χ1v) is 13.5. The number of nitrogens with zero attached hydrogens (tertiary/aromatic N) is 3. The third kappa shape index (κ3) is 4.63. The van der Waals surface area contributed by atoms with Gasteiger partial charge in [0, 0.05) is 29.8 Å². The number of nitrogens with two attached hydrogens (primary N) is 1. The van der Waals surface area contributed by atoms with Crippen LogP contribution in [0.2, 0.25) is 0 Å². The largest absolute Gasteiger partial charge is 0.476 e. The predicted octanol–water partition coefficient (Wildman–Crippen LogP) is 5.55. The molecule has 1 saturated carbocycles. The van der Waals surface area contributed by atoms with Crippen molar-refractivity contribution in [2.45, 2.75) is 28.7 Å². The molecule has 0 bridgehead atoms. The lowest BCUT2D eigenvalue weighted by atomic mass is 10.00. The molecule has 0 amide bonds. The number of pyridine rings is 2. The normalized spacial score (nSPS) is 14.9. The second kappa shape index (κ2) is 9.92. The third-order valence-corrected chi connectivity index (χ3v) is 9.49. The average Bonchev–Trinajstić information content (AvgIpc) is 3.14. The van der Waals surface area contributed by atoms with E-state index >= 15 is 0 Å². The van der Waals surface area contributed by atoms with E-state index < -0.39 is 11.2 Å². The van der Waals surface area contributed by atoms with Gasteiger partial charge in [-0.3, -0.25) is 0 Å². The van der Waals surface area contributed by atoms with Crippen molar-refractivity contribution in [3.63, 3.8) is 0 Å². The van der Waals surface area contributed by atoms with Crippen LogP contribution in [0, 0.1) is 0 Å². The van der Waals surface area contributed by atoms with Gasteiger partial charge in [0.25, 0.3) is 4.21 Å². The summed E-state index contributed by atoms with van der Waals surface area (Å²) in [5.41, 5.74) is 11.2. The van der Waals surface area contributed by atoms with E-state index in [2.05, 4.69) is 28.1 Å². The van der Waals surface area contributed by atoms with Gasteiger partial charge in [-0.25, -0.2) is 9.97 Å². The fourth-order valence-electron chi connectivity index (χ4n) is 3.94. The van der Waals surface area contributed by atoms with E-state index in [0.29, 0.717) is 23.4 Å². The van der Waals surface area contributed by atoms with Crippen LogP contribution in [0.3, 0.4) is 0 Å². The molecule has 1 atom stereocenters. The van der Waals surface area contributed by atoms with Crippen molar-refractivity contribution in [1.82, 2.24) is 14.9 Å². The Labute approximate surface area is 207 Å². The van der Waals surface area contributed by atoms with Gasteiger partial charge in [-0.15, -0.1) is 0 Å². The maximum absolute atomic E-state index is 11.0. The number of nitrogen functional groups attached to an aromatic ring is 1. The lowest BCUT2D eigenvalue weighted by molar-refractivity contribution is 0.254. The summed E-state index contributed by atoms with van der Waals surface area (Å²) >= 11 is 0.681. The molecular weight excluding hydrogens is 464 g/mol. The Hall–Kier alpha value is -2.65. The second-order valence-electron chi connectivity index (χ2n) is 8.81. The van der Waals surface area contributed by atoms with Crippen molar-refractivity contribution < 1.29 is 9.29 Å². The van der Waals surface area contributed by atoms with Gasteiger partial charge in [-0.1, -0.05) is 41.7 Å². The highest BCUT2D eigenvalue weighted by molar-refractivity contribution is 7.94. The number of aromatic nitrogens is 2. The molecule has 4 aromatic rings. The number of anilines is 1. The fraction of sp³-hybridized carbons (Fsp3) is 0.308. The van der Waals surface area contributed by atoms with Gasteiger partial charge in [0.05, 0.1) is 5.69 Å². The molecule has 1 aliphatic carbocycles. The maximum atomic E-state index is 11.0. The Kier molecular flexibility index (Phi) is 6.74. The Balaban J connectivity index is 1.55. The lowest BCUT2D eigenvalue weighted by Gasteiger charge is -2.19. The molecule has 1 aromatic carbocycles. The van der Waals surface area contributed by atoms with E-state index in [1.807, 2.05) is 44.4 Å². The van der Waals surface area contributed by atoms with Crippen LogP contribution in [-0.2, 0) is 11.2 Å². The molecule has 6 nitrogen and oxygen atoms in total. The highest BCUT2D eigenvalue weighted by Gasteiger charge is 2.41. The number of thiophene rings is 1. The number of hydrogen-bond donors (Lipinski definition) is 2. The van der Waals surface area contributed by atoms with Gasteiger partial charge in [-0.2, -0.15) is 4.55 Å². The van der Waals surface area contributed by atoms with Crippen molar-refractivity contribution in [3.05, 3.63) is 54.7 Å². The lowest BCUT2D eigenvalue weighted by Crippen LogP contribution is -2.28. The summed E-state index contributed by atoms with van der Waals surface area (Å²) in [5, 5.41) is 1.25. The first kappa shape index (κ1) is 23.1. The van der Waals surface area contributed by atoms with Crippen molar-refractivity contribution in [1.29, 1.82) is 0 Å². The molecule has 0 aliphatic heterocycles. The van der Waals surface area contributed by atoms with Gasteiger partial charge in [0.1, 0.15) is 17.1 Å². The minimum Gasteiger partial charge on any atom is -0.476 e. The quantitative estimate of drug-likeness (QED) is 0.313. The first-order valence-electron chi connectivity index (χ1n) is 11.5. The van der Waals surface area contributed by atoms with Crippen LogP contribution < -0.4 is 10.5 Å². The van der Waals surface area contributed by atoms with Crippen molar-refractivity contribution in [3.8, 4) is 28.3 Å². The molecule has 3 aromatic heterocycles.